The molecule has 2 N–H and O–H groups in total. The number of thioether (sulfide) groups is 1. The fourth-order valence-electron chi connectivity index (χ4n) is 3.74. The SMILES string of the molecule is O=C(Cc1cccc(C(=O)NC2CC2)c1)NCC1CN(Cc2ccc(Cl)c(Cl)c2)CCS1. The number of nitrogens with zero attached hydrogens (tertiary/aromatic N) is 1. The van der Waals surface area contributed by atoms with E-state index in [1.807, 2.05) is 48.2 Å². The summed E-state index contributed by atoms with van der Waals surface area (Å²) in [5.41, 5.74) is 2.60. The molecule has 1 saturated heterocycles. The molecule has 0 radical (unpaired) electrons. The van der Waals surface area contributed by atoms with Crippen molar-refractivity contribution in [2.24, 2.45) is 0 Å². The zero-order valence-electron chi connectivity index (χ0n) is 17.8. The Labute approximate surface area is 203 Å². The number of rotatable bonds is 8. The molecule has 32 heavy (non-hydrogen) atoms. The van der Waals surface area contributed by atoms with Crippen LogP contribution in [-0.2, 0) is 17.8 Å². The van der Waals surface area contributed by atoms with E-state index in [0.29, 0.717) is 33.4 Å². The summed E-state index contributed by atoms with van der Waals surface area (Å²) in [6.45, 7) is 3.36. The molecule has 2 aromatic rings. The summed E-state index contributed by atoms with van der Waals surface area (Å²) in [5, 5.41) is 7.54. The molecule has 0 spiro atoms. The van der Waals surface area contributed by atoms with Crippen LogP contribution in [0.4, 0.5) is 0 Å². The molecular weight excluding hydrogens is 465 g/mol. The van der Waals surface area contributed by atoms with Crippen LogP contribution in [0.2, 0.25) is 10.0 Å². The lowest BCUT2D eigenvalue weighted by Gasteiger charge is -2.32. The second kappa shape index (κ2) is 10.9. The summed E-state index contributed by atoms with van der Waals surface area (Å²) in [4.78, 5) is 27.1. The molecule has 4 rings (SSSR count). The lowest BCUT2D eigenvalue weighted by molar-refractivity contribution is -0.120. The van der Waals surface area contributed by atoms with Crippen LogP contribution < -0.4 is 10.6 Å². The van der Waals surface area contributed by atoms with E-state index in [2.05, 4.69) is 15.5 Å². The van der Waals surface area contributed by atoms with Crippen molar-refractivity contribution in [2.45, 2.75) is 37.1 Å². The second-order valence-electron chi connectivity index (χ2n) is 8.41. The summed E-state index contributed by atoms with van der Waals surface area (Å²) < 4.78 is 0. The minimum Gasteiger partial charge on any atom is -0.355 e. The first-order valence-electron chi connectivity index (χ1n) is 10.9. The number of halogens is 2. The van der Waals surface area contributed by atoms with E-state index in [4.69, 9.17) is 23.2 Å². The van der Waals surface area contributed by atoms with Crippen LogP contribution in [0, 0.1) is 0 Å². The Morgan fingerprint density at radius 1 is 1.06 bits per heavy atom. The Bertz CT molecular complexity index is 983. The number of carbonyl (C=O) groups is 2. The van der Waals surface area contributed by atoms with Gasteiger partial charge in [0.1, 0.15) is 0 Å². The van der Waals surface area contributed by atoms with Gasteiger partial charge in [0.05, 0.1) is 16.5 Å². The van der Waals surface area contributed by atoms with E-state index in [0.717, 1.165) is 49.4 Å². The molecule has 0 bridgehead atoms. The highest BCUT2D eigenvalue weighted by atomic mass is 35.5. The first kappa shape index (κ1) is 23.4. The predicted octanol–water partition coefficient (Wildman–Crippen LogP) is 4.16. The minimum atomic E-state index is -0.0598. The van der Waals surface area contributed by atoms with Crippen molar-refractivity contribution in [2.75, 3.05) is 25.4 Å². The van der Waals surface area contributed by atoms with Crippen LogP contribution >= 0.6 is 35.0 Å². The maximum absolute atomic E-state index is 12.5. The molecule has 1 heterocycles. The molecule has 5 nitrogen and oxygen atoms in total. The Balaban J connectivity index is 1.23. The molecule has 0 aromatic heterocycles. The number of hydrogen-bond donors (Lipinski definition) is 2. The van der Waals surface area contributed by atoms with Gasteiger partial charge >= 0.3 is 0 Å². The highest BCUT2D eigenvalue weighted by Crippen LogP contribution is 2.25. The molecule has 1 unspecified atom stereocenters. The van der Waals surface area contributed by atoms with Crippen molar-refractivity contribution in [3.05, 3.63) is 69.2 Å². The van der Waals surface area contributed by atoms with Crippen LogP contribution in [0.3, 0.4) is 0 Å². The van der Waals surface area contributed by atoms with Gasteiger partial charge < -0.3 is 10.6 Å². The third kappa shape index (κ3) is 6.88. The van der Waals surface area contributed by atoms with Crippen LogP contribution in [0.1, 0.15) is 34.3 Å². The Morgan fingerprint density at radius 3 is 2.69 bits per heavy atom. The third-order valence-electron chi connectivity index (χ3n) is 5.61. The average molecular weight is 492 g/mol. The van der Waals surface area contributed by atoms with Gasteiger partial charge in [-0.05, 0) is 48.2 Å². The Morgan fingerprint density at radius 2 is 1.91 bits per heavy atom. The quantitative estimate of drug-likeness (QED) is 0.581. The van der Waals surface area contributed by atoms with Crippen molar-refractivity contribution in [1.29, 1.82) is 0 Å². The highest BCUT2D eigenvalue weighted by molar-refractivity contribution is 8.00. The lowest BCUT2D eigenvalue weighted by atomic mass is 10.1. The molecule has 8 heteroatoms. The van der Waals surface area contributed by atoms with Gasteiger partial charge in [-0.3, -0.25) is 14.5 Å². The summed E-state index contributed by atoms with van der Waals surface area (Å²) in [6.07, 6.45) is 2.38. The zero-order valence-corrected chi connectivity index (χ0v) is 20.1. The van der Waals surface area contributed by atoms with Crippen molar-refractivity contribution in [1.82, 2.24) is 15.5 Å². The van der Waals surface area contributed by atoms with Crippen LogP contribution in [0.15, 0.2) is 42.5 Å². The summed E-state index contributed by atoms with van der Waals surface area (Å²) in [7, 11) is 0. The molecule has 2 aliphatic rings. The molecule has 2 amide bonds. The van der Waals surface area contributed by atoms with E-state index in [-0.39, 0.29) is 18.2 Å². The normalized spacial score (nSPS) is 18.9. The molecule has 2 fully saturated rings. The van der Waals surface area contributed by atoms with Gasteiger partial charge in [0.2, 0.25) is 5.91 Å². The van der Waals surface area contributed by atoms with Gasteiger partial charge in [-0.15, -0.1) is 0 Å². The summed E-state index contributed by atoms with van der Waals surface area (Å²) in [6, 6.07) is 13.4. The van der Waals surface area contributed by atoms with Crippen molar-refractivity contribution in [3.63, 3.8) is 0 Å². The summed E-state index contributed by atoms with van der Waals surface area (Å²) >= 11 is 14.0. The fourth-order valence-corrected chi connectivity index (χ4v) is 5.27. The summed E-state index contributed by atoms with van der Waals surface area (Å²) in [5.74, 6) is 0.947. The Kier molecular flexibility index (Phi) is 8.00. The fraction of sp³-hybridized carbons (Fsp3) is 0.417. The van der Waals surface area contributed by atoms with Gasteiger partial charge in [-0.1, -0.05) is 41.4 Å². The maximum Gasteiger partial charge on any atom is 0.251 e. The van der Waals surface area contributed by atoms with Gasteiger partial charge in [0, 0.05) is 48.8 Å². The van der Waals surface area contributed by atoms with E-state index in [9.17, 15) is 9.59 Å². The number of nitrogens with one attached hydrogen (secondary N) is 2. The molecule has 1 aliphatic carbocycles. The number of amides is 2. The van der Waals surface area contributed by atoms with E-state index >= 15 is 0 Å². The van der Waals surface area contributed by atoms with Crippen molar-refractivity contribution < 1.29 is 9.59 Å². The second-order valence-corrected chi connectivity index (χ2v) is 10.6. The van der Waals surface area contributed by atoms with Gasteiger partial charge in [0.15, 0.2) is 0 Å². The Hall–Kier alpha value is -1.73. The minimum absolute atomic E-state index is 0.0213. The predicted molar refractivity (Wildman–Crippen MR) is 132 cm³/mol. The zero-order chi connectivity index (χ0) is 22.5. The topological polar surface area (TPSA) is 61.4 Å². The first-order chi connectivity index (χ1) is 15.5. The lowest BCUT2D eigenvalue weighted by Crippen LogP contribution is -2.43. The molecule has 2 aromatic carbocycles. The molecule has 170 valence electrons. The smallest absolute Gasteiger partial charge is 0.251 e. The van der Waals surface area contributed by atoms with Crippen LogP contribution in [0.25, 0.3) is 0 Å². The standard InChI is InChI=1S/C24H27Cl2N3O2S/c25-21-7-4-17(11-22(21)26)14-29-8-9-32-20(15-29)13-27-23(30)12-16-2-1-3-18(10-16)24(31)28-19-5-6-19/h1-4,7,10-11,19-20H,5-6,8-9,12-15H2,(H,27,30)(H,28,31). The van der Waals surface area contributed by atoms with Crippen molar-refractivity contribution >= 4 is 46.8 Å². The van der Waals surface area contributed by atoms with Gasteiger partial charge in [-0.2, -0.15) is 11.8 Å². The van der Waals surface area contributed by atoms with E-state index in [1.54, 1.807) is 6.07 Å². The highest BCUT2D eigenvalue weighted by Gasteiger charge is 2.24. The van der Waals surface area contributed by atoms with Crippen LogP contribution in [0.5, 0.6) is 0 Å². The number of hydrogen-bond acceptors (Lipinski definition) is 4. The monoisotopic (exact) mass is 491 g/mol. The maximum atomic E-state index is 12.5. The van der Waals surface area contributed by atoms with Gasteiger partial charge in [0.25, 0.3) is 5.91 Å². The van der Waals surface area contributed by atoms with E-state index < -0.39 is 0 Å². The van der Waals surface area contributed by atoms with Crippen molar-refractivity contribution in [3.8, 4) is 0 Å². The molecular formula is C24H27Cl2N3O2S. The first-order valence-corrected chi connectivity index (χ1v) is 12.7. The average Bonchev–Trinajstić information content (AvgIpc) is 3.59. The number of carbonyl (C=O) groups excluding carboxylic acids is 2. The van der Waals surface area contributed by atoms with Crippen LogP contribution in [-0.4, -0.2) is 53.4 Å². The third-order valence-corrected chi connectivity index (χ3v) is 7.55. The number of benzene rings is 2. The molecule has 1 saturated carbocycles. The van der Waals surface area contributed by atoms with Gasteiger partial charge in [-0.25, -0.2) is 0 Å². The molecule has 1 aliphatic heterocycles. The van der Waals surface area contributed by atoms with E-state index in [1.165, 1.54) is 0 Å². The molecule has 1 atom stereocenters. The largest absolute Gasteiger partial charge is 0.355 e.